The maximum absolute atomic E-state index is 13.0. The van der Waals surface area contributed by atoms with Crippen LogP contribution in [0.25, 0.3) is 21.3 Å². The number of carbonyl (C=O) groups is 1. The SMILES string of the molecule is CC[C@@H](C)OC(=O)[C@H](C)n1cnc2scc(-c3ccc(Cl)cc3)c2c1=O. The van der Waals surface area contributed by atoms with E-state index in [1.807, 2.05) is 31.4 Å². The molecule has 3 rings (SSSR count). The average Bonchev–Trinajstić information content (AvgIpc) is 3.07. The zero-order valence-electron chi connectivity index (χ0n) is 14.7. The van der Waals surface area contributed by atoms with Gasteiger partial charge in [-0.2, -0.15) is 0 Å². The first-order valence-electron chi connectivity index (χ1n) is 8.37. The second-order valence-electron chi connectivity index (χ2n) is 6.13. The molecule has 5 nitrogen and oxygen atoms in total. The summed E-state index contributed by atoms with van der Waals surface area (Å²) in [5.41, 5.74) is 1.41. The molecule has 7 heteroatoms. The lowest BCUT2D eigenvalue weighted by molar-refractivity contribution is -0.152. The number of ether oxygens (including phenoxy) is 1. The molecule has 0 N–H and O–H groups in total. The van der Waals surface area contributed by atoms with Crippen molar-refractivity contribution < 1.29 is 9.53 Å². The van der Waals surface area contributed by atoms with Crippen molar-refractivity contribution >= 4 is 39.1 Å². The van der Waals surface area contributed by atoms with E-state index in [1.165, 1.54) is 22.2 Å². The molecule has 2 aromatic heterocycles. The van der Waals surface area contributed by atoms with Gasteiger partial charge < -0.3 is 4.74 Å². The maximum atomic E-state index is 13.0. The van der Waals surface area contributed by atoms with Crippen molar-refractivity contribution in [1.82, 2.24) is 9.55 Å². The van der Waals surface area contributed by atoms with E-state index < -0.39 is 12.0 Å². The summed E-state index contributed by atoms with van der Waals surface area (Å²) < 4.78 is 6.69. The standard InChI is InChI=1S/C19H19ClN2O3S/c1-4-11(2)25-19(24)12(3)22-10-21-17-16(18(22)23)15(9-26-17)13-5-7-14(20)8-6-13/h5-12H,4H2,1-3H3/t11-,12+/m1/s1. The minimum atomic E-state index is -0.744. The molecular formula is C19H19ClN2O3S. The van der Waals surface area contributed by atoms with Crippen LogP contribution in [0.1, 0.15) is 33.2 Å². The van der Waals surface area contributed by atoms with Crippen molar-refractivity contribution in [2.45, 2.75) is 39.3 Å². The van der Waals surface area contributed by atoms with Crippen LogP contribution in [0, 0.1) is 0 Å². The molecule has 0 saturated carbocycles. The smallest absolute Gasteiger partial charge is 0.329 e. The van der Waals surface area contributed by atoms with Crippen molar-refractivity contribution in [1.29, 1.82) is 0 Å². The van der Waals surface area contributed by atoms with Crippen LogP contribution in [-0.4, -0.2) is 21.6 Å². The number of rotatable bonds is 5. The maximum Gasteiger partial charge on any atom is 0.329 e. The molecule has 0 amide bonds. The number of esters is 1. The van der Waals surface area contributed by atoms with Gasteiger partial charge in [0.1, 0.15) is 10.9 Å². The number of halogens is 1. The van der Waals surface area contributed by atoms with Gasteiger partial charge >= 0.3 is 5.97 Å². The van der Waals surface area contributed by atoms with E-state index in [0.717, 1.165) is 17.5 Å². The molecule has 2 heterocycles. The molecule has 0 saturated heterocycles. The fourth-order valence-corrected chi connectivity index (χ4v) is 3.59. The van der Waals surface area contributed by atoms with Crippen molar-refractivity contribution in [3.8, 4) is 11.1 Å². The van der Waals surface area contributed by atoms with E-state index in [9.17, 15) is 9.59 Å². The van der Waals surface area contributed by atoms with Gasteiger partial charge in [-0.1, -0.05) is 30.7 Å². The Morgan fingerprint density at radius 2 is 2.00 bits per heavy atom. The molecule has 136 valence electrons. The molecule has 26 heavy (non-hydrogen) atoms. The van der Waals surface area contributed by atoms with E-state index in [0.29, 0.717) is 15.2 Å². The molecule has 0 radical (unpaired) electrons. The van der Waals surface area contributed by atoms with Crippen LogP contribution in [0.4, 0.5) is 0 Å². The Balaban J connectivity index is 2.05. The van der Waals surface area contributed by atoms with Gasteiger partial charge in [-0.25, -0.2) is 9.78 Å². The highest BCUT2D eigenvalue weighted by molar-refractivity contribution is 7.17. The third-order valence-electron chi connectivity index (χ3n) is 4.33. The van der Waals surface area contributed by atoms with Gasteiger partial charge in [0.2, 0.25) is 0 Å². The molecule has 0 fully saturated rings. The normalized spacial score (nSPS) is 13.5. The third-order valence-corrected chi connectivity index (χ3v) is 5.46. The number of benzene rings is 1. The Hall–Kier alpha value is -2.18. The molecule has 0 bridgehead atoms. The zero-order chi connectivity index (χ0) is 18.8. The summed E-state index contributed by atoms with van der Waals surface area (Å²) in [6.45, 7) is 5.41. The largest absolute Gasteiger partial charge is 0.461 e. The Morgan fingerprint density at radius 1 is 1.31 bits per heavy atom. The summed E-state index contributed by atoms with van der Waals surface area (Å²) in [5, 5.41) is 3.03. The predicted molar refractivity (Wildman–Crippen MR) is 105 cm³/mol. The molecule has 1 aromatic carbocycles. The molecule has 3 aromatic rings. The van der Waals surface area contributed by atoms with Gasteiger partial charge in [0.25, 0.3) is 5.56 Å². The van der Waals surface area contributed by atoms with Crippen LogP contribution in [0.15, 0.2) is 40.8 Å². The third kappa shape index (κ3) is 3.52. The fraction of sp³-hybridized carbons (Fsp3) is 0.316. The molecule has 0 aliphatic carbocycles. The molecule has 0 aliphatic rings. The number of hydrogen-bond donors (Lipinski definition) is 0. The van der Waals surface area contributed by atoms with Crippen LogP contribution in [-0.2, 0) is 9.53 Å². The number of aromatic nitrogens is 2. The second kappa shape index (κ2) is 7.60. The monoisotopic (exact) mass is 390 g/mol. The summed E-state index contributed by atoms with van der Waals surface area (Å²) in [4.78, 5) is 30.4. The Labute approximate surface area is 160 Å². The first kappa shape index (κ1) is 18.6. The number of fused-ring (bicyclic) bond motifs is 1. The fourth-order valence-electron chi connectivity index (χ4n) is 2.56. The van der Waals surface area contributed by atoms with Crippen molar-refractivity contribution in [3.63, 3.8) is 0 Å². The van der Waals surface area contributed by atoms with Gasteiger partial charge in [-0.05, 0) is 38.0 Å². The van der Waals surface area contributed by atoms with Crippen molar-refractivity contribution in [2.24, 2.45) is 0 Å². The quantitative estimate of drug-likeness (QED) is 0.593. The van der Waals surface area contributed by atoms with Crippen molar-refractivity contribution in [2.75, 3.05) is 0 Å². The van der Waals surface area contributed by atoms with Crippen LogP contribution in [0.3, 0.4) is 0 Å². The average molecular weight is 391 g/mol. The van der Waals surface area contributed by atoms with Crippen LogP contribution in [0.2, 0.25) is 5.02 Å². The number of thiophene rings is 1. The van der Waals surface area contributed by atoms with Gasteiger partial charge in [-0.15, -0.1) is 11.3 Å². The Kier molecular flexibility index (Phi) is 5.44. The first-order chi connectivity index (χ1) is 12.4. The number of carbonyl (C=O) groups excluding carboxylic acids is 1. The highest BCUT2D eigenvalue weighted by Crippen LogP contribution is 2.31. The minimum Gasteiger partial charge on any atom is -0.461 e. The van der Waals surface area contributed by atoms with E-state index in [4.69, 9.17) is 16.3 Å². The van der Waals surface area contributed by atoms with Gasteiger partial charge in [0.05, 0.1) is 17.8 Å². The highest BCUT2D eigenvalue weighted by atomic mass is 35.5. The summed E-state index contributed by atoms with van der Waals surface area (Å²) >= 11 is 7.35. The van der Waals surface area contributed by atoms with Crippen LogP contribution >= 0.6 is 22.9 Å². The summed E-state index contributed by atoms with van der Waals surface area (Å²) in [5.74, 6) is -0.439. The van der Waals surface area contributed by atoms with Gasteiger partial charge in [-0.3, -0.25) is 9.36 Å². The van der Waals surface area contributed by atoms with E-state index in [2.05, 4.69) is 4.98 Å². The minimum absolute atomic E-state index is 0.192. The lowest BCUT2D eigenvalue weighted by atomic mass is 10.1. The molecule has 0 spiro atoms. The summed E-state index contributed by atoms with van der Waals surface area (Å²) in [6, 6.07) is 6.54. The molecule has 2 atom stereocenters. The van der Waals surface area contributed by atoms with E-state index >= 15 is 0 Å². The van der Waals surface area contributed by atoms with Crippen LogP contribution in [0.5, 0.6) is 0 Å². The Morgan fingerprint density at radius 3 is 2.65 bits per heavy atom. The number of hydrogen-bond acceptors (Lipinski definition) is 5. The first-order valence-corrected chi connectivity index (χ1v) is 9.63. The highest BCUT2D eigenvalue weighted by Gasteiger charge is 2.22. The van der Waals surface area contributed by atoms with E-state index in [1.54, 1.807) is 19.1 Å². The predicted octanol–water partition coefficient (Wildman–Crippen LogP) is 4.68. The molecule has 0 aliphatic heterocycles. The molecule has 0 unspecified atom stereocenters. The van der Waals surface area contributed by atoms with E-state index in [-0.39, 0.29) is 11.7 Å². The lowest BCUT2D eigenvalue weighted by Gasteiger charge is -2.17. The lowest BCUT2D eigenvalue weighted by Crippen LogP contribution is -2.31. The second-order valence-corrected chi connectivity index (χ2v) is 7.42. The van der Waals surface area contributed by atoms with Gasteiger partial charge in [0, 0.05) is 16.0 Å². The van der Waals surface area contributed by atoms with Crippen LogP contribution < -0.4 is 5.56 Å². The molecular weight excluding hydrogens is 372 g/mol. The Bertz CT molecular complexity index is 994. The zero-order valence-corrected chi connectivity index (χ0v) is 16.3. The van der Waals surface area contributed by atoms with Crippen molar-refractivity contribution in [3.05, 3.63) is 51.3 Å². The topological polar surface area (TPSA) is 61.2 Å². The summed E-state index contributed by atoms with van der Waals surface area (Å²) in [7, 11) is 0. The summed E-state index contributed by atoms with van der Waals surface area (Å²) in [6.07, 6.45) is 1.94. The van der Waals surface area contributed by atoms with Gasteiger partial charge in [0.15, 0.2) is 0 Å². The number of nitrogens with zero attached hydrogens (tertiary/aromatic N) is 2.